The lowest BCUT2D eigenvalue weighted by molar-refractivity contribution is 0.0195. The van der Waals surface area contributed by atoms with Gasteiger partial charge in [0.2, 0.25) is 0 Å². The predicted octanol–water partition coefficient (Wildman–Crippen LogP) is 1.78. The zero-order chi connectivity index (χ0) is 12.3. The van der Waals surface area contributed by atoms with E-state index in [1.54, 1.807) is 12.1 Å². The van der Waals surface area contributed by atoms with Crippen molar-refractivity contribution >= 4 is 5.97 Å². The fourth-order valence-corrected chi connectivity index (χ4v) is 2.22. The second-order valence-electron chi connectivity index (χ2n) is 4.22. The molecule has 0 spiro atoms. The quantitative estimate of drug-likeness (QED) is 0.867. The summed E-state index contributed by atoms with van der Waals surface area (Å²) in [4.78, 5) is 13.4. The van der Waals surface area contributed by atoms with Gasteiger partial charge in [-0.25, -0.2) is 4.79 Å². The zero-order valence-electron chi connectivity index (χ0n) is 9.93. The average Bonchev–Trinajstić information content (AvgIpc) is 2.39. The van der Waals surface area contributed by atoms with Gasteiger partial charge in [-0.1, -0.05) is 18.2 Å². The van der Waals surface area contributed by atoms with Gasteiger partial charge in [0.1, 0.15) is 0 Å². The Morgan fingerprint density at radius 2 is 2.00 bits per heavy atom. The molecule has 0 amide bonds. The van der Waals surface area contributed by atoms with E-state index in [2.05, 4.69) is 4.90 Å². The van der Waals surface area contributed by atoms with Crippen LogP contribution in [0.15, 0.2) is 24.3 Å². The van der Waals surface area contributed by atoms with Crippen LogP contribution < -0.4 is 0 Å². The summed E-state index contributed by atoms with van der Waals surface area (Å²) in [6.45, 7) is 5.20. The average molecular weight is 235 g/mol. The molecule has 0 aromatic heterocycles. The van der Waals surface area contributed by atoms with Crippen molar-refractivity contribution in [3.05, 3.63) is 35.4 Å². The molecule has 92 valence electrons. The van der Waals surface area contributed by atoms with E-state index in [4.69, 9.17) is 9.84 Å². The van der Waals surface area contributed by atoms with Crippen LogP contribution in [0.2, 0.25) is 0 Å². The molecule has 1 heterocycles. The van der Waals surface area contributed by atoms with Crippen molar-refractivity contribution in [3.8, 4) is 0 Å². The molecule has 4 heteroatoms. The normalized spacial score (nSPS) is 18.9. The molecule has 4 nitrogen and oxygen atoms in total. The van der Waals surface area contributed by atoms with E-state index >= 15 is 0 Å². The van der Waals surface area contributed by atoms with Crippen molar-refractivity contribution in [1.82, 2.24) is 4.90 Å². The Hall–Kier alpha value is -1.39. The highest BCUT2D eigenvalue weighted by Gasteiger charge is 2.22. The molecule has 2 rings (SSSR count). The molecular formula is C13H17NO3. The van der Waals surface area contributed by atoms with Gasteiger partial charge in [0.05, 0.1) is 18.8 Å². The van der Waals surface area contributed by atoms with Crippen molar-refractivity contribution < 1.29 is 14.6 Å². The minimum atomic E-state index is -0.860. The molecule has 0 bridgehead atoms. The Morgan fingerprint density at radius 1 is 1.35 bits per heavy atom. The number of hydrogen-bond donors (Lipinski definition) is 1. The van der Waals surface area contributed by atoms with E-state index in [1.807, 2.05) is 19.1 Å². The van der Waals surface area contributed by atoms with E-state index in [1.165, 1.54) is 0 Å². The molecule has 1 aliphatic rings. The number of aromatic carboxylic acids is 1. The van der Waals surface area contributed by atoms with Crippen molar-refractivity contribution in [2.45, 2.75) is 13.0 Å². The summed E-state index contributed by atoms with van der Waals surface area (Å²) < 4.78 is 5.31. The second-order valence-corrected chi connectivity index (χ2v) is 4.22. The van der Waals surface area contributed by atoms with Gasteiger partial charge in [-0.2, -0.15) is 0 Å². The van der Waals surface area contributed by atoms with Gasteiger partial charge >= 0.3 is 5.97 Å². The van der Waals surface area contributed by atoms with Gasteiger partial charge < -0.3 is 9.84 Å². The van der Waals surface area contributed by atoms with Crippen molar-refractivity contribution in [3.63, 3.8) is 0 Å². The molecule has 1 aliphatic heterocycles. The first-order chi connectivity index (χ1) is 8.20. The first-order valence-electron chi connectivity index (χ1n) is 5.84. The summed E-state index contributed by atoms with van der Waals surface area (Å²) in [5.74, 6) is -0.860. The Balaban J connectivity index is 2.23. The maximum Gasteiger partial charge on any atom is 0.336 e. The minimum absolute atomic E-state index is 0.117. The highest BCUT2D eigenvalue weighted by Crippen LogP contribution is 2.24. The lowest BCUT2D eigenvalue weighted by Crippen LogP contribution is -2.38. The van der Waals surface area contributed by atoms with Crippen molar-refractivity contribution in [1.29, 1.82) is 0 Å². The smallest absolute Gasteiger partial charge is 0.336 e. The molecule has 0 saturated carbocycles. The Morgan fingerprint density at radius 3 is 2.65 bits per heavy atom. The van der Waals surface area contributed by atoms with Gasteiger partial charge in [0.15, 0.2) is 0 Å². The third kappa shape index (κ3) is 2.65. The zero-order valence-corrected chi connectivity index (χ0v) is 9.93. The van der Waals surface area contributed by atoms with Crippen LogP contribution in [-0.2, 0) is 4.74 Å². The lowest BCUT2D eigenvalue weighted by Gasteiger charge is -2.33. The SMILES string of the molecule is CC(c1ccccc1C(=O)O)N1CCOCC1. The monoisotopic (exact) mass is 235 g/mol. The lowest BCUT2D eigenvalue weighted by atomic mass is 10.00. The first-order valence-corrected chi connectivity index (χ1v) is 5.84. The molecule has 1 aromatic rings. The number of ether oxygens (including phenoxy) is 1. The second kappa shape index (κ2) is 5.29. The number of benzene rings is 1. The predicted molar refractivity (Wildman–Crippen MR) is 64.2 cm³/mol. The van der Waals surface area contributed by atoms with Crippen LogP contribution in [0.3, 0.4) is 0 Å². The topological polar surface area (TPSA) is 49.8 Å². The van der Waals surface area contributed by atoms with Gasteiger partial charge in [0.25, 0.3) is 0 Å². The van der Waals surface area contributed by atoms with Crippen LogP contribution in [-0.4, -0.2) is 42.3 Å². The summed E-state index contributed by atoms with van der Waals surface area (Å²) in [5, 5.41) is 9.17. The van der Waals surface area contributed by atoms with Crippen LogP contribution in [0, 0.1) is 0 Å². The summed E-state index contributed by atoms with van der Waals surface area (Å²) in [7, 11) is 0. The van der Waals surface area contributed by atoms with Gasteiger partial charge in [-0.15, -0.1) is 0 Å². The highest BCUT2D eigenvalue weighted by molar-refractivity contribution is 5.89. The Kier molecular flexibility index (Phi) is 3.76. The fourth-order valence-electron chi connectivity index (χ4n) is 2.22. The highest BCUT2D eigenvalue weighted by atomic mass is 16.5. The third-order valence-corrected chi connectivity index (χ3v) is 3.23. The molecular weight excluding hydrogens is 218 g/mol. The summed E-state index contributed by atoms with van der Waals surface area (Å²) in [5.41, 5.74) is 1.27. The number of carbonyl (C=O) groups is 1. The standard InChI is InChI=1S/C13H17NO3/c1-10(14-6-8-17-9-7-14)11-4-2-3-5-12(11)13(15)16/h2-5,10H,6-9H2,1H3,(H,15,16). The summed E-state index contributed by atoms with van der Waals surface area (Å²) >= 11 is 0. The maximum atomic E-state index is 11.2. The molecule has 1 N–H and O–H groups in total. The molecule has 1 atom stereocenters. The first kappa shape index (κ1) is 12.1. The van der Waals surface area contributed by atoms with E-state index < -0.39 is 5.97 Å². The van der Waals surface area contributed by atoms with Crippen LogP contribution >= 0.6 is 0 Å². The number of carboxylic acid groups (broad SMARTS) is 1. The van der Waals surface area contributed by atoms with E-state index in [9.17, 15) is 4.79 Å². The molecule has 1 fully saturated rings. The third-order valence-electron chi connectivity index (χ3n) is 3.23. The maximum absolute atomic E-state index is 11.2. The van der Waals surface area contributed by atoms with Crippen LogP contribution in [0.1, 0.15) is 28.9 Å². The van der Waals surface area contributed by atoms with Crippen LogP contribution in [0.4, 0.5) is 0 Å². The van der Waals surface area contributed by atoms with Gasteiger partial charge in [-0.3, -0.25) is 4.90 Å². The van der Waals surface area contributed by atoms with Crippen molar-refractivity contribution in [2.75, 3.05) is 26.3 Å². The molecule has 1 unspecified atom stereocenters. The molecule has 17 heavy (non-hydrogen) atoms. The molecule has 0 radical (unpaired) electrons. The Labute approximate surface area is 101 Å². The number of carboxylic acids is 1. The fraction of sp³-hybridized carbons (Fsp3) is 0.462. The van der Waals surface area contributed by atoms with Crippen LogP contribution in [0.25, 0.3) is 0 Å². The summed E-state index contributed by atoms with van der Waals surface area (Å²) in [6, 6.07) is 7.32. The molecule has 1 saturated heterocycles. The van der Waals surface area contributed by atoms with E-state index in [0.29, 0.717) is 5.56 Å². The van der Waals surface area contributed by atoms with E-state index in [-0.39, 0.29) is 6.04 Å². The molecule has 0 aliphatic carbocycles. The molecule has 1 aromatic carbocycles. The minimum Gasteiger partial charge on any atom is -0.478 e. The summed E-state index contributed by atoms with van der Waals surface area (Å²) in [6.07, 6.45) is 0. The van der Waals surface area contributed by atoms with Gasteiger partial charge in [-0.05, 0) is 18.6 Å². The van der Waals surface area contributed by atoms with Crippen molar-refractivity contribution in [2.24, 2.45) is 0 Å². The van der Waals surface area contributed by atoms with Gasteiger partial charge in [0, 0.05) is 19.1 Å². The number of morpholine rings is 1. The number of rotatable bonds is 3. The van der Waals surface area contributed by atoms with E-state index in [0.717, 1.165) is 31.9 Å². The number of hydrogen-bond acceptors (Lipinski definition) is 3. The largest absolute Gasteiger partial charge is 0.478 e. The number of nitrogens with zero attached hydrogens (tertiary/aromatic N) is 1. The Bertz CT molecular complexity index is 399. The van der Waals surface area contributed by atoms with Crippen LogP contribution in [0.5, 0.6) is 0 Å².